The second-order valence-electron chi connectivity index (χ2n) is 14.4. The fourth-order valence-corrected chi connectivity index (χ4v) is 10.1. The Morgan fingerprint density at radius 1 is 0.654 bits per heavy atom. The molecule has 2 fully saturated rings. The molecule has 4 aliphatic rings. The Bertz CT molecular complexity index is 1770. The van der Waals surface area contributed by atoms with E-state index in [1.165, 1.54) is 22.3 Å². The van der Waals surface area contributed by atoms with Crippen LogP contribution >= 0.6 is 55.1 Å². The van der Waals surface area contributed by atoms with Crippen LogP contribution in [0.4, 0.5) is 11.6 Å². The second kappa shape index (κ2) is 15.6. The van der Waals surface area contributed by atoms with Gasteiger partial charge in [0.05, 0.1) is 45.4 Å². The van der Waals surface area contributed by atoms with Gasteiger partial charge in [-0.15, -0.1) is 0 Å². The molecule has 12 heteroatoms. The molecule has 2 aliphatic carbocycles. The number of pyridine rings is 2. The minimum absolute atomic E-state index is 0.0242. The number of hydrogen-bond acceptors (Lipinski definition) is 8. The normalized spacial score (nSPS) is 24.3. The summed E-state index contributed by atoms with van der Waals surface area (Å²) in [5.74, 6) is 3.75. The highest BCUT2D eigenvalue weighted by Crippen LogP contribution is 2.55. The average molecular weight is 876 g/mol. The van der Waals surface area contributed by atoms with Gasteiger partial charge < -0.3 is 28.7 Å². The maximum absolute atomic E-state index is 6.74. The third kappa shape index (κ3) is 7.16. The van der Waals surface area contributed by atoms with Crippen LogP contribution in [0.25, 0.3) is 0 Å². The number of aromatic nitrogens is 2. The number of halogens is 4. The van der Waals surface area contributed by atoms with Crippen molar-refractivity contribution in [1.82, 2.24) is 9.97 Å². The molecule has 2 saturated carbocycles. The van der Waals surface area contributed by atoms with Crippen molar-refractivity contribution in [2.45, 2.75) is 74.7 Å². The van der Waals surface area contributed by atoms with Crippen LogP contribution in [-0.2, 0) is 33.4 Å². The molecule has 4 aromatic rings. The summed E-state index contributed by atoms with van der Waals surface area (Å²) in [5.41, 5.74) is 4.88. The largest absolute Gasteiger partial charge is 0.497 e. The third-order valence-corrected chi connectivity index (χ3v) is 13.9. The van der Waals surface area contributed by atoms with Crippen LogP contribution in [0, 0.1) is 0 Å². The Hall–Kier alpha value is -2.60. The maximum atomic E-state index is 6.74. The van der Waals surface area contributed by atoms with Crippen molar-refractivity contribution in [2.24, 2.45) is 0 Å². The molecule has 0 saturated heterocycles. The Morgan fingerprint density at radius 2 is 1.04 bits per heavy atom. The van der Waals surface area contributed by atoms with Crippen molar-refractivity contribution in [3.8, 4) is 11.5 Å². The van der Waals surface area contributed by atoms with Crippen LogP contribution < -0.4 is 19.3 Å². The van der Waals surface area contributed by atoms with E-state index >= 15 is 0 Å². The summed E-state index contributed by atoms with van der Waals surface area (Å²) in [4.78, 5) is 14.2. The van der Waals surface area contributed by atoms with Crippen molar-refractivity contribution < 1.29 is 18.9 Å². The number of methoxy groups -OCH3 is 4. The Kier molecular flexibility index (Phi) is 11.3. The highest BCUT2D eigenvalue weighted by Gasteiger charge is 2.51. The van der Waals surface area contributed by atoms with Gasteiger partial charge in [-0.1, -0.05) is 47.5 Å². The minimum Gasteiger partial charge on any atom is -0.497 e. The molecule has 0 unspecified atom stereocenters. The number of anilines is 2. The summed E-state index contributed by atoms with van der Waals surface area (Å²) >= 11 is 20.6. The van der Waals surface area contributed by atoms with Crippen LogP contribution in [0.3, 0.4) is 0 Å². The molecule has 52 heavy (non-hydrogen) atoms. The van der Waals surface area contributed by atoms with E-state index in [1.54, 1.807) is 28.4 Å². The fraction of sp³-hybridized carbons (Fsp3) is 0.450. The van der Waals surface area contributed by atoms with Crippen molar-refractivity contribution >= 4 is 66.7 Å². The number of rotatable bonds is 8. The molecule has 2 aliphatic heterocycles. The van der Waals surface area contributed by atoms with Crippen LogP contribution in [0.2, 0.25) is 10.0 Å². The van der Waals surface area contributed by atoms with Gasteiger partial charge in [0, 0.05) is 74.7 Å². The summed E-state index contributed by atoms with van der Waals surface area (Å²) in [6.45, 7) is 3.47. The first-order valence-corrected chi connectivity index (χ1v) is 20.0. The van der Waals surface area contributed by atoms with Gasteiger partial charge >= 0.3 is 0 Å². The molecule has 0 radical (unpaired) electrons. The first kappa shape index (κ1) is 37.7. The number of nitrogens with zero attached hydrogens (tertiary/aromatic N) is 4. The van der Waals surface area contributed by atoms with Crippen LogP contribution in [0.1, 0.15) is 60.8 Å². The summed E-state index contributed by atoms with van der Waals surface area (Å²) in [5, 5.41) is 1.59. The molecule has 2 spiro atoms. The molecule has 0 N–H and O–H groups in total. The minimum atomic E-state index is 0.0242. The van der Waals surface area contributed by atoms with E-state index in [4.69, 9.17) is 52.1 Å². The molecule has 276 valence electrons. The predicted octanol–water partition coefficient (Wildman–Crippen LogP) is 9.93. The molecule has 4 atom stereocenters. The summed E-state index contributed by atoms with van der Waals surface area (Å²) in [7, 11) is 6.97. The zero-order valence-corrected chi connectivity index (χ0v) is 34.6. The van der Waals surface area contributed by atoms with Gasteiger partial charge in [0.1, 0.15) is 23.1 Å². The molecular formula is C40H44Br2Cl2N4O4. The molecule has 2 aromatic heterocycles. The smallest absolute Gasteiger partial charge is 0.134 e. The quantitative estimate of drug-likeness (QED) is 0.174. The zero-order chi connectivity index (χ0) is 36.6. The van der Waals surface area contributed by atoms with Crippen molar-refractivity contribution in [2.75, 3.05) is 51.3 Å². The van der Waals surface area contributed by atoms with Gasteiger partial charge in [-0.25, -0.2) is 9.97 Å². The highest BCUT2D eigenvalue weighted by molar-refractivity contribution is 9.10. The Morgan fingerprint density at radius 3 is 1.37 bits per heavy atom. The van der Waals surface area contributed by atoms with Crippen LogP contribution in [0.5, 0.6) is 11.5 Å². The lowest BCUT2D eigenvalue weighted by atomic mass is 9.81. The fourth-order valence-electron chi connectivity index (χ4n) is 8.83. The standard InChI is InChI=1S/2C20H22BrClN2O2/c2*1-25-14-5-3-13(4-6-14)11-24-12-20(8-7-15(9-20)26-2)17-18(22)16(21)10-23-19(17)24/h2*3-6,10,15H,7-9,11-12H2,1-2H3/t15-,20+;15-,20-/m10/s1. The number of benzene rings is 2. The lowest BCUT2D eigenvalue weighted by molar-refractivity contribution is 0.103. The highest BCUT2D eigenvalue weighted by atomic mass is 79.9. The molecule has 8 nitrogen and oxygen atoms in total. The average Bonchev–Trinajstić information content (AvgIpc) is 3.93. The maximum Gasteiger partial charge on any atom is 0.134 e. The van der Waals surface area contributed by atoms with Gasteiger partial charge in [0.15, 0.2) is 0 Å². The monoisotopic (exact) mass is 872 g/mol. The van der Waals surface area contributed by atoms with Crippen molar-refractivity contribution in [3.63, 3.8) is 0 Å². The van der Waals surface area contributed by atoms with Crippen LogP contribution in [0.15, 0.2) is 69.9 Å². The predicted molar refractivity (Wildman–Crippen MR) is 215 cm³/mol. The second-order valence-corrected chi connectivity index (χ2v) is 16.9. The van der Waals surface area contributed by atoms with Crippen molar-refractivity contribution in [3.05, 3.63) is 102 Å². The SMILES string of the molecule is COc1ccc(CN2C[C@@]3(CC[C@@H](OC)C3)c3c2ncc(Br)c3Cl)cc1.COc1ccc(CN2C[C@@]3(CC[C@H](OC)C3)c3c2ncc(Br)c3Cl)cc1. The first-order valence-electron chi connectivity index (χ1n) is 17.6. The molecular weight excluding hydrogens is 831 g/mol. The third-order valence-electron chi connectivity index (χ3n) is 11.4. The number of ether oxygens (including phenoxy) is 4. The van der Waals surface area contributed by atoms with Crippen molar-refractivity contribution in [1.29, 1.82) is 0 Å². The van der Waals surface area contributed by atoms with Gasteiger partial charge in [0.2, 0.25) is 0 Å². The van der Waals surface area contributed by atoms with E-state index in [1.807, 2.05) is 36.7 Å². The van der Waals surface area contributed by atoms with E-state index in [9.17, 15) is 0 Å². The summed E-state index contributed by atoms with van der Waals surface area (Å²) < 4.78 is 23.6. The van der Waals surface area contributed by atoms with E-state index in [2.05, 4.69) is 65.9 Å². The van der Waals surface area contributed by atoms with E-state index < -0.39 is 0 Å². The molecule has 8 rings (SSSR count). The number of hydrogen-bond donors (Lipinski definition) is 0. The molecule has 2 aromatic carbocycles. The van der Waals surface area contributed by atoms with E-state index in [-0.39, 0.29) is 10.8 Å². The lowest BCUT2D eigenvalue weighted by Crippen LogP contribution is -2.32. The zero-order valence-electron chi connectivity index (χ0n) is 29.9. The van der Waals surface area contributed by atoms with Gasteiger partial charge in [-0.05, 0) is 106 Å². The molecule has 4 heterocycles. The van der Waals surface area contributed by atoms with Crippen LogP contribution in [-0.4, -0.2) is 63.7 Å². The Balaban J connectivity index is 0.000000162. The lowest BCUT2D eigenvalue weighted by Gasteiger charge is -2.26. The Labute approximate surface area is 333 Å². The van der Waals surface area contributed by atoms with E-state index in [0.717, 1.165) is 107 Å². The van der Waals surface area contributed by atoms with Gasteiger partial charge in [-0.2, -0.15) is 0 Å². The van der Waals surface area contributed by atoms with Gasteiger partial charge in [-0.3, -0.25) is 0 Å². The first-order chi connectivity index (χ1) is 25.1. The number of fused-ring (bicyclic) bond motifs is 4. The van der Waals surface area contributed by atoms with E-state index in [0.29, 0.717) is 12.2 Å². The molecule has 0 bridgehead atoms. The summed E-state index contributed by atoms with van der Waals surface area (Å²) in [6.07, 6.45) is 10.5. The summed E-state index contributed by atoms with van der Waals surface area (Å²) in [6, 6.07) is 16.4. The van der Waals surface area contributed by atoms with Gasteiger partial charge in [0.25, 0.3) is 0 Å². The topological polar surface area (TPSA) is 69.2 Å². The molecule has 0 amide bonds.